The Labute approximate surface area is 130 Å². The van der Waals surface area contributed by atoms with Crippen LogP contribution >= 0.6 is 23.5 Å². The first-order chi connectivity index (χ1) is 10.2. The minimum absolute atomic E-state index is 0.00440. The second-order valence-corrected chi connectivity index (χ2v) is 6.68. The van der Waals surface area contributed by atoms with Gasteiger partial charge in [0.2, 0.25) is 5.91 Å². The lowest BCUT2D eigenvalue weighted by Crippen LogP contribution is -2.53. The zero-order valence-corrected chi connectivity index (χ0v) is 12.6. The van der Waals surface area contributed by atoms with Crippen LogP contribution in [0.4, 0.5) is 0 Å². The number of aromatic nitrogens is 1. The minimum Gasteiger partial charge on any atom is -0.477 e. The number of rotatable bonds is 4. The zero-order chi connectivity index (χ0) is 14.8. The molecule has 7 heteroatoms. The Morgan fingerprint density at radius 1 is 1.57 bits per heavy atom. The van der Waals surface area contributed by atoms with Gasteiger partial charge in [0.1, 0.15) is 5.70 Å². The molecular weight excluding hydrogens is 308 g/mol. The minimum atomic E-state index is -1.04. The van der Waals surface area contributed by atoms with Crippen molar-refractivity contribution in [2.75, 3.05) is 5.75 Å². The van der Waals surface area contributed by atoms with E-state index in [-0.39, 0.29) is 17.0 Å². The van der Waals surface area contributed by atoms with E-state index in [1.54, 1.807) is 24.2 Å². The lowest BCUT2D eigenvalue weighted by atomic mass is 10.1. The van der Waals surface area contributed by atoms with Gasteiger partial charge in [-0.15, -0.1) is 11.8 Å². The molecule has 1 aromatic rings. The number of nitrogens with zero attached hydrogens (tertiary/aromatic N) is 2. The quantitative estimate of drug-likeness (QED) is 0.859. The average molecular weight is 320 g/mol. The topological polar surface area (TPSA) is 70.5 Å². The normalized spacial score (nSPS) is 21.4. The predicted octanol–water partition coefficient (Wildman–Crippen LogP) is 2.39. The molecule has 0 aromatic carbocycles. The molecule has 1 fully saturated rings. The Balaban J connectivity index is 1.79. The molecule has 1 amide bonds. The van der Waals surface area contributed by atoms with E-state index in [0.717, 1.165) is 5.56 Å². The first-order valence-electron chi connectivity index (χ1n) is 6.30. The largest absolute Gasteiger partial charge is 0.477 e. The molecule has 0 aliphatic carbocycles. The highest BCUT2D eigenvalue weighted by Crippen LogP contribution is 2.43. The fourth-order valence-electron chi connectivity index (χ4n) is 2.15. The highest BCUT2D eigenvalue weighted by Gasteiger charge is 2.45. The number of thioether (sulfide) groups is 2. The van der Waals surface area contributed by atoms with Gasteiger partial charge in [0.15, 0.2) is 0 Å². The number of carboxylic acids is 1. The van der Waals surface area contributed by atoms with E-state index in [1.165, 1.54) is 16.7 Å². The molecule has 1 aromatic heterocycles. The van der Waals surface area contributed by atoms with Crippen LogP contribution < -0.4 is 0 Å². The van der Waals surface area contributed by atoms with E-state index >= 15 is 0 Å². The van der Waals surface area contributed by atoms with Gasteiger partial charge in [-0.2, -0.15) is 0 Å². The third-order valence-electron chi connectivity index (χ3n) is 3.18. The van der Waals surface area contributed by atoms with E-state index in [1.807, 2.05) is 23.6 Å². The monoisotopic (exact) mass is 320 g/mol. The van der Waals surface area contributed by atoms with Crippen molar-refractivity contribution in [1.82, 2.24) is 9.88 Å². The Morgan fingerprint density at radius 3 is 3.10 bits per heavy atom. The summed E-state index contributed by atoms with van der Waals surface area (Å²) in [5, 5.41) is 11.2. The predicted molar refractivity (Wildman–Crippen MR) is 83.2 cm³/mol. The molecule has 108 valence electrons. The van der Waals surface area contributed by atoms with Crippen LogP contribution in [0.1, 0.15) is 12.0 Å². The van der Waals surface area contributed by atoms with Crippen molar-refractivity contribution < 1.29 is 14.7 Å². The Morgan fingerprint density at radius 2 is 2.43 bits per heavy atom. The smallest absolute Gasteiger partial charge is 0.353 e. The maximum atomic E-state index is 11.6. The molecule has 0 unspecified atom stereocenters. The third-order valence-corrected chi connectivity index (χ3v) is 5.47. The van der Waals surface area contributed by atoms with Gasteiger partial charge in [0.05, 0.1) is 11.8 Å². The molecule has 0 radical (unpaired) electrons. The molecular formula is C14H12N2O3S2. The summed E-state index contributed by atoms with van der Waals surface area (Å²) in [6.45, 7) is 0. The average Bonchev–Trinajstić information content (AvgIpc) is 2.47. The number of carboxylic acid groups (broad SMARTS) is 1. The van der Waals surface area contributed by atoms with Crippen molar-refractivity contribution in [3.8, 4) is 0 Å². The first kappa shape index (κ1) is 14.2. The standard InChI is InChI=1S/C14H12N2O3S2/c17-11-6-12-16(11)13(14(18)19)10(8-21-12)20-5-3-9-2-1-4-15-7-9/h1-5,7,12H,6,8H2,(H,18,19)/t12-/m0/s1. The lowest BCUT2D eigenvalue weighted by molar-refractivity contribution is -0.146. The second kappa shape index (κ2) is 5.95. The van der Waals surface area contributed by atoms with Crippen LogP contribution in [0.3, 0.4) is 0 Å². The summed E-state index contributed by atoms with van der Waals surface area (Å²) in [6, 6.07) is 3.76. The van der Waals surface area contributed by atoms with E-state index in [0.29, 0.717) is 17.1 Å². The van der Waals surface area contributed by atoms with Gasteiger partial charge >= 0.3 is 5.97 Å². The van der Waals surface area contributed by atoms with Crippen LogP contribution in [0.2, 0.25) is 0 Å². The fraction of sp³-hybridized carbons (Fsp3) is 0.214. The molecule has 1 saturated heterocycles. The molecule has 2 aliphatic rings. The van der Waals surface area contributed by atoms with Crippen LogP contribution in [0.5, 0.6) is 0 Å². The van der Waals surface area contributed by atoms with Crippen molar-refractivity contribution in [2.24, 2.45) is 0 Å². The number of pyridine rings is 1. The van der Waals surface area contributed by atoms with Gasteiger partial charge in [0, 0.05) is 23.1 Å². The number of carbonyl (C=O) groups is 2. The molecule has 5 nitrogen and oxygen atoms in total. The maximum absolute atomic E-state index is 11.6. The number of hydrogen-bond donors (Lipinski definition) is 1. The third kappa shape index (κ3) is 2.84. The highest BCUT2D eigenvalue weighted by molar-refractivity contribution is 8.08. The molecule has 0 saturated carbocycles. The van der Waals surface area contributed by atoms with Gasteiger partial charge in [0.25, 0.3) is 0 Å². The number of carbonyl (C=O) groups excluding carboxylic acids is 1. The maximum Gasteiger partial charge on any atom is 0.353 e. The molecule has 0 bridgehead atoms. The second-order valence-electron chi connectivity index (χ2n) is 4.52. The molecule has 21 heavy (non-hydrogen) atoms. The van der Waals surface area contributed by atoms with Gasteiger partial charge in [-0.25, -0.2) is 4.79 Å². The summed E-state index contributed by atoms with van der Waals surface area (Å²) in [7, 11) is 0. The Bertz CT molecular complexity index is 643. The van der Waals surface area contributed by atoms with Crippen LogP contribution in [0.15, 0.2) is 40.5 Å². The van der Waals surface area contributed by atoms with E-state index < -0.39 is 5.97 Å². The summed E-state index contributed by atoms with van der Waals surface area (Å²) in [5.41, 5.74) is 1.08. The summed E-state index contributed by atoms with van der Waals surface area (Å²) < 4.78 is 0. The van der Waals surface area contributed by atoms with Gasteiger partial charge in [-0.1, -0.05) is 17.8 Å². The van der Waals surface area contributed by atoms with Crippen molar-refractivity contribution in [3.63, 3.8) is 0 Å². The Hall–Kier alpha value is -1.73. The van der Waals surface area contributed by atoms with E-state index in [4.69, 9.17) is 0 Å². The van der Waals surface area contributed by atoms with E-state index in [9.17, 15) is 14.7 Å². The molecule has 1 N–H and O–H groups in total. The molecule has 0 spiro atoms. The number of amides is 1. The van der Waals surface area contributed by atoms with Crippen molar-refractivity contribution in [3.05, 3.63) is 46.1 Å². The van der Waals surface area contributed by atoms with Crippen molar-refractivity contribution >= 4 is 41.5 Å². The van der Waals surface area contributed by atoms with E-state index in [2.05, 4.69) is 4.98 Å². The van der Waals surface area contributed by atoms with Crippen LogP contribution in [-0.2, 0) is 9.59 Å². The summed E-state index contributed by atoms with van der Waals surface area (Å²) in [4.78, 5) is 29.1. The lowest BCUT2D eigenvalue weighted by Gasteiger charge is -2.43. The zero-order valence-electron chi connectivity index (χ0n) is 10.9. The van der Waals surface area contributed by atoms with Gasteiger partial charge in [-0.05, 0) is 23.1 Å². The number of β-lactam (4-membered cyclic amide) rings is 1. The molecule has 3 rings (SSSR count). The van der Waals surface area contributed by atoms with Crippen LogP contribution in [-0.4, -0.2) is 38.0 Å². The number of hydrogen-bond acceptors (Lipinski definition) is 5. The van der Waals surface area contributed by atoms with Crippen LogP contribution in [0.25, 0.3) is 6.08 Å². The Kier molecular flexibility index (Phi) is 4.03. The van der Waals surface area contributed by atoms with Gasteiger partial charge < -0.3 is 5.11 Å². The molecule has 3 heterocycles. The first-order valence-corrected chi connectivity index (χ1v) is 8.23. The molecule has 1 atom stereocenters. The summed E-state index contributed by atoms with van der Waals surface area (Å²) in [6.07, 6.45) is 5.74. The number of aliphatic carboxylic acids is 1. The molecule has 2 aliphatic heterocycles. The summed E-state index contributed by atoms with van der Waals surface area (Å²) in [5.74, 6) is -0.525. The van der Waals surface area contributed by atoms with Gasteiger partial charge in [-0.3, -0.25) is 14.7 Å². The number of fused-ring (bicyclic) bond motifs is 1. The van der Waals surface area contributed by atoms with Crippen molar-refractivity contribution in [2.45, 2.75) is 11.8 Å². The highest BCUT2D eigenvalue weighted by atomic mass is 32.2. The fourth-order valence-corrected chi connectivity index (χ4v) is 4.42. The van der Waals surface area contributed by atoms with Crippen molar-refractivity contribution in [1.29, 1.82) is 0 Å². The SMILES string of the molecule is O=C(O)C1=C(SC=Cc2cccnc2)CS[C@H]2CC(=O)N12. The van der Waals surface area contributed by atoms with Crippen LogP contribution in [0, 0.1) is 0 Å². The summed E-state index contributed by atoms with van der Waals surface area (Å²) >= 11 is 2.96.